The summed E-state index contributed by atoms with van der Waals surface area (Å²) in [6.07, 6.45) is 6.33. The summed E-state index contributed by atoms with van der Waals surface area (Å²) in [6.45, 7) is 0. The van der Waals surface area contributed by atoms with E-state index in [1.165, 1.54) is 6.08 Å². The van der Waals surface area contributed by atoms with Crippen LogP contribution in [0.2, 0.25) is 0 Å². The summed E-state index contributed by atoms with van der Waals surface area (Å²) < 4.78 is 0. The van der Waals surface area contributed by atoms with Crippen LogP contribution < -0.4 is 0 Å². The van der Waals surface area contributed by atoms with Gasteiger partial charge in [0.15, 0.2) is 11.6 Å². The number of fused-ring (bicyclic) bond motifs is 1. The lowest BCUT2D eigenvalue weighted by Crippen LogP contribution is -2.68. The number of hydrogen-bond acceptors (Lipinski definition) is 4. The monoisotopic (exact) mass is 316 g/mol. The summed E-state index contributed by atoms with van der Waals surface area (Å²) in [4.78, 5) is 24.4. The van der Waals surface area contributed by atoms with Crippen LogP contribution in [0.3, 0.4) is 0 Å². The average molecular weight is 317 g/mol. The quantitative estimate of drug-likeness (QED) is 0.580. The van der Waals surface area contributed by atoms with Crippen molar-refractivity contribution >= 4 is 34.8 Å². The summed E-state index contributed by atoms with van der Waals surface area (Å²) in [6, 6.07) is 0. The highest BCUT2D eigenvalue weighted by molar-refractivity contribution is 6.22. The third-order valence-corrected chi connectivity index (χ3v) is 5.69. The molecule has 1 saturated carbocycles. The lowest BCUT2D eigenvalue weighted by atomic mass is 9.50. The molecule has 0 heterocycles. The van der Waals surface area contributed by atoms with Crippen LogP contribution in [-0.4, -0.2) is 44.7 Å². The molecule has 0 spiro atoms. The molecule has 2 N–H and O–H groups in total. The van der Waals surface area contributed by atoms with Gasteiger partial charge in [0.25, 0.3) is 0 Å². The second kappa shape index (κ2) is 4.41. The van der Waals surface area contributed by atoms with Gasteiger partial charge < -0.3 is 10.2 Å². The smallest absolute Gasteiger partial charge is 0.188 e. The number of allylic oxidation sites excluding steroid dienone is 2. The van der Waals surface area contributed by atoms with E-state index in [0.717, 1.165) is 0 Å². The third-order valence-electron chi connectivity index (χ3n) is 4.88. The molecule has 2 bridgehead atoms. The zero-order valence-corrected chi connectivity index (χ0v) is 12.0. The molecular formula is C14H14Cl2O4. The Morgan fingerprint density at radius 3 is 2.30 bits per heavy atom. The van der Waals surface area contributed by atoms with E-state index in [9.17, 15) is 19.8 Å². The fraction of sp³-hybridized carbons (Fsp3) is 0.571. The van der Waals surface area contributed by atoms with Gasteiger partial charge in [-0.25, -0.2) is 0 Å². The second-order valence-electron chi connectivity index (χ2n) is 5.74. The summed E-state index contributed by atoms with van der Waals surface area (Å²) in [5.41, 5.74) is -3.51. The molecule has 4 nitrogen and oxygen atoms in total. The number of carbonyl (C=O) groups is 2. The van der Waals surface area contributed by atoms with Crippen LogP contribution in [0.5, 0.6) is 0 Å². The van der Waals surface area contributed by atoms with Crippen molar-refractivity contribution in [3.63, 3.8) is 0 Å². The highest BCUT2D eigenvalue weighted by Crippen LogP contribution is 2.54. The van der Waals surface area contributed by atoms with E-state index in [4.69, 9.17) is 23.2 Å². The Morgan fingerprint density at radius 2 is 1.70 bits per heavy atom. The lowest BCUT2D eigenvalue weighted by molar-refractivity contribution is -0.174. The first kappa shape index (κ1) is 14.3. The molecule has 0 amide bonds. The van der Waals surface area contributed by atoms with Gasteiger partial charge in [-0.3, -0.25) is 9.59 Å². The van der Waals surface area contributed by atoms with Crippen LogP contribution in [0, 0.1) is 23.7 Å². The summed E-state index contributed by atoms with van der Waals surface area (Å²) in [5, 5.41) is 21.2. The molecule has 4 rings (SSSR count). The van der Waals surface area contributed by atoms with Gasteiger partial charge in [-0.2, -0.15) is 0 Å². The van der Waals surface area contributed by atoms with Crippen molar-refractivity contribution < 1.29 is 19.8 Å². The average Bonchev–Trinajstić information content (AvgIpc) is 2.47. The molecular weight excluding hydrogens is 303 g/mol. The van der Waals surface area contributed by atoms with Gasteiger partial charge in [-0.05, 0) is 12.0 Å². The van der Waals surface area contributed by atoms with Crippen LogP contribution in [0.1, 0.15) is 0 Å². The summed E-state index contributed by atoms with van der Waals surface area (Å²) in [7, 11) is 0. The number of rotatable bonds is 2. The van der Waals surface area contributed by atoms with Crippen molar-refractivity contribution in [2.75, 3.05) is 11.8 Å². The van der Waals surface area contributed by atoms with E-state index in [2.05, 4.69) is 0 Å². The normalized spacial score (nSPS) is 49.6. The van der Waals surface area contributed by atoms with Crippen LogP contribution in [0.25, 0.3) is 0 Å². The van der Waals surface area contributed by atoms with Gasteiger partial charge in [-0.15, -0.1) is 23.2 Å². The fourth-order valence-corrected chi connectivity index (χ4v) is 4.41. The van der Waals surface area contributed by atoms with Crippen molar-refractivity contribution in [1.29, 1.82) is 0 Å². The Hall–Kier alpha value is -0.680. The number of aliphatic hydroxyl groups is 2. The minimum Gasteiger partial charge on any atom is -0.380 e. The van der Waals surface area contributed by atoms with Crippen molar-refractivity contribution in [1.82, 2.24) is 0 Å². The molecule has 4 aliphatic rings. The molecule has 0 saturated heterocycles. The summed E-state index contributed by atoms with van der Waals surface area (Å²) in [5.74, 6) is -3.63. The van der Waals surface area contributed by atoms with Crippen molar-refractivity contribution in [2.45, 2.75) is 11.2 Å². The second-order valence-corrected chi connectivity index (χ2v) is 6.28. The van der Waals surface area contributed by atoms with Gasteiger partial charge in [0, 0.05) is 17.8 Å². The zero-order valence-electron chi connectivity index (χ0n) is 10.5. The van der Waals surface area contributed by atoms with Crippen LogP contribution >= 0.6 is 23.2 Å². The topological polar surface area (TPSA) is 74.6 Å². The Kier molecular flexibility index (Phi) is 3.14. The minimum absolute atomic E-state index is 0.267. The molecule has 0 aromatic rings. The van der Waals surface area contributed by atoms with Crippen LogP contribution in [0.15, 0.2) is 24.3 Å². The number of alkyl halides is 2. The maximum Gasteiger partial charge on any atom is 0.188 e. The molecule has 108 valence electrons. The molecule has 2 unspecified atom stereocenters. The van der Waals surface area contributed by atoms with Gasteiger partial charge in [0.05, 0.1) is 11.8 Å². The van der Waals surface area contributed by atoms with Gasteiger partial charge in [0.2, 0.25) is 0 Å². The Morgan fingerprint density at radius 1 is 1.05 bits per heavy atom. The molecule has 0 radical (unpaired) electrons. The molecule has 0 aliphatic heterocycles. The maximum atomic E-state index is 12.4. The predicted molar refractivity (Wildman–Crippen MR) is 73.6 cm³/mol. The molecule has 20 heavy (non-hydrogen) atoms. The highest BCUT2D eigenvalue weighted by Gasteiger charge is 2.65. The predicted octanol–water partition coefficient (Wildman–Crippen LogP) is 0.682. The number of halogens is 2. The first-order valence-corrected chi connectivity index (χ1v) is 7.49. The molecule has 4 aliphatic carbocycles. The Bertz CT molecular complexity index is 543. The van der Waals surface area contributed by atoms with E-state index in [1.807, 2.05) is 0 Å². The molecule has 1 fully saturated rings. The summed E-state index contributed by atoms with van der Waals surface area (Å²) >= 11 is 11.6. The minimum atomic E-state index is -1.77. The van der Waals surface area contributed by atoms with Gasteiger partial charge in [-0.1, -0.05) is 18.2 Å². The van der Waals surface area contributed by atoms with E-state index in [-0.39, 0.29) is 23.5 Å². The van der Waals surface area contributed by atoms with E-state index in [1.54, 1.807) is 18.2 Å². The first-order chi connectivity index (χ1) is 9.40. The standard InChI is InChI=1S/C14H14Cl2O4/c15-5-13(19)9-3-1-8(12(13)18)7-2-4-10(17)14(20,6-16)11(7)9/h1-4,7-9,11,19-20H,5-6H2/t7-,8+,9-,11-,13?,14?/m1/s1. The van der Waals surface area contributed by atoms with E-state index < -0.39 is 34.7 Å². The molecule has 0 aromatic carbocycles. The molecule has 6 atom stereocenters. The number of ketones is 2. The molecule has 0 aromatic heterocycles. The largest absolute Gasteiger partial charge is 0.380 e. The van der Waals surface area contributed by atoms with E-state index in [0.29, 0.717) is 0 Å². The maximum absolute atomic E-state index is 12.4. The third kappa shape index (κ3) is 1.51. The lowest BCUT2D eigenvalue weighted by Gasteiger charge is -2.56. The van der Waals surface area contributed by atoms with Crippen molar-refractivity contribution in [3.05, 3.63) is 24.3 Å². The van der Waals surface area contributed by atoms with E-state index >= 15 is 0 Å². The SMILES string of the molecule is O=C1C=C[C@H]2[C@H]([C@H]3C=C[C@@H]2C(=O)C3(O)CCl)C1(O)CCl. The van der Waals surface area contributed by atoms with Gasteiger partial charge >= 0.3 is 0 Å². The number of carbonyl (C=O) groups excluding carboxylic acids is 2. The van der Waals surface area contributed by atoms with Gasteiger partial charge in [0.1, 0.15) is 11.2 Å². The first-order valence-electron chi connectivity index (χ1n) is 6.42. The zero-order chi connectivity index (χ0) is 14.7. The van der Waals surface area contributed by atoms with Crippen molar-refractivity contribution in [2.24, 2.45) is 23.7 Å². The Labute approximate surface area is 126 Å². The molecule has 6 heteroatoms. The van der Waals surface area contributed by atoms with Crippen LogP contribution in [0.4, 0.5) is 0 Å². The fourth-order valence-electron chi connectivity index (χ4n) is 3.79. The number of hydrogen-bond donors (Lipinski definition) is 2. The Balaban J connectivity index is 2.17. The number of Topliss-reactive ketones (excluding diaryl/α,β-unsaturated/α-hetero) is 1. The van der Waals surface area contributed by atoms with Crippen molar-refractivity contribution in [3.8, 4) is 0 Å². The highest BCUT2D eigenvalue weighted by atomic mass is 35.5. The van der Waals surface area contributed by atoms with Crippen LogP contribution in [-0.2, 0) is 9.59 Å².